The van der Waals surface area contributed by atoms with Gasteiger partial charge in [-0.15, -0.1) is 0 Å². The average molecular weight is 438 g/mol. The third-order valence-corrected chi connectivity index (χ3v) is 4.38. The molecule has 0 aliphatic heterocycles. The van der Waals surface area contributed by atoms with Crippen molar-refractivity contribution in [1.29, 1.82) is 0 Å². The van der Waals surface area contributed by atoms with Crippen LogP contribution in [0, 0.1) is 15.2 Å². The summed E-state index contributed by atoms with van der Waals surface area (Å²) in [4.78, 5) is 0. The van der Waals surface area contributed by atoms with Crippen LogP contribution in [0.15, 0.2) is 40.9 Å². The summed E-state index contributed by atoms with van der Waals surface area (Å²) in [6.45, 7) is 0. The third kappa shape index (κ3) is 3.32. The van der Waals surface area contributed by atoms with Crippen LogP contribution in [0.3, 0.4) is 0 Å². The van der Waals surface area contributed by atoms with Crippen LogP contribution in [0.4, 0.5) is 8.78 Å². The molecule has 0 spiro atoms. The molecule has 0 fully saturated rings. The van der Waals surface area contributed by atoms with E-state index in [4.69, 9.17) is 0 Å². The van der Waals surface area contributed by atoms with E-state index in [-0.39, 0.29) is 17.7 Å². The molecule has 0 aliphatic carbocycles. The first-order chi connectivity index (χ1) is 9.02. The van der Waals surface area contributed by atoms with Crippen LogP contribution in [0.2, 0.25) is 0 Å². The highest BCUT2D eigenvalue weighted by atomic mass is 127. The Balaban J connectivity index is 2.46. The van der Waals surface area contributed by atoms with Crippen LogP contribution in [-0.2, 0) is 0 Å². The summed E-state index contributed by atoms with van der Waals surface area (Å²) in [6.07, 6.45) is 0. The van der Waals surface area contributed by atoms with Gasteiger partial charge in [-0.05, 0) is 81.0 Å². The van der Waals surface area contributed by atoms with Gasteiger partial charge in [0.1, 0.15) is 11.6 Å². The van der Waals surface area contributed by atoms with E-state index in [9.17, 15) is 8.78 Å². The first-order valence-corrected chi connectivity index (χ1v) is 7.47. The van der Waals surface area contributed by atoms with Crippen LogP contribution in [0.5, 0.6) is 0 Å². The van der Waals surface area contributed by atoms with Crippen molar-refractivity contribution < 1.29 is 8.78 Å². The van der Waals surface area contributed by atoms with Crippen molar-refractivity contribution in [2.24, 2.45) is 0 Å². The van der Waals surface area contributed by atoms with Crippen molar-refractivity contribution in [1.82, 2.24) is 5.32 Å². The molecule has 0 radical (unpaired) electrons. The maximum atomic E-state index is 13.3. The monoisotopic (exact) mass is 437 g/mol. The average Bonchev–Trinajstić information content (AvgIpc) is 2.37. The number of nitrogens with one attached hydrogen (secondary N) is 1. The first-order valence-electron chi connectivity index (χ1n) is 5.60. The fraction of sp³-hybridized carbons (Fsp3) is 0.143. The number of hydrogen-bond donors (Lipinski definition) is 1. The molecule has 1 nitrogen and oxygen atoms in total. The summed E-state index contributed by atoms with van der Waals surface area (Å²) in [7, 11) is 1.82. The Kier molecular flexibility index (Phi) is 4.92. The van der Waals surface area contributed by atoms with Gasteiger partial charge in [0.15, 0.2) is 0 Å². The molecule has 0 amide bonds. The van der Waals surface area contributed by atoms with Gasteiger partial charge in [-0.1, -0.05) is 12.1 Å². The molecule has 0 saturated carbocycles. The molecule has 2 rings (SSSR count). The van der Waals surface area contributed by atoms with E-state index >= 15 is 0 Å². The van der Waals surface area contributed by atoms with Crippen molar-refractivity contribution in [2.75, 3.05) is 7.05 Å². The molecule has 2 aromatic rings. The molecule has 1 unspecified atom stereocenters. The lowest BCUT2D eigenvalue weighted by molar-refractivity contribution is 0.614. The Morgan fingerprint density at radius 2 is 1.89 bits per heavy atom. The van der Waals surface area contributed by atoms with Crippen molar-refractivity contribution in [2.45, 2.75) is 6.04 Å². The molecular formula is C14H11BrF2IN. The quantitative estimate of drug-likeness (QED) is 0.689. The second-order valence-electron chi connectivity index (χ2n) is 4.06. The van der Waals surface area contributed by atoms with Crippen LogP contribution < -0.4 is 5.32 Å². The molecule has 0 saturated heterocycles. The highest BCUT2D eigenvalue weighted by Gasteiger charge is 2.16. The number of rotatable bonds is 3. The molecule has 0 bridgehead atoms. The van der Waals surface area contributed by atoms with Gasteiger partial charge in [-0.3, -0.25) is 0 Å². The number of benzene rings is 2. The van der Waals surface area contributed by atoms with E-state index in [1.54, 1.807) is 18.2 Å². The molecule has 100 valence electrons. The smallest absolute Gasteiger partial charge is 0.137 e. The Labute approximate surface area is 132 Å². The van der Waals surface area contributed by atoms with Gasteiger partial charge in [0.25, 0.3) is 0 Å². The Bertz CT molecular complexity index is 604. The van der Waals surface area contributed by atoms with Crippen molar-refractivity contribution in [3.63, 3.8) is 0 Å². The van der Waals surface area contributed by atoms with Gasteiger partial charge < -0.3 is 5.32 Å². The van der Waals surface area contributed by atoms with Crippen LogP contribution in [-0.4, -0.2) is 7.05 Å². The van der Waals surface area contributed by atoms with E-state index in [2.05, 4.69) is 43.8 Å². The SMILES string of the molecule is CNC(c1ccc(F)c(Br)c1)c1ccc(F)cc1I. The van der Waals surface area contributed by atoms with Gasteiger partial charge in [0.2, 0.25) is 0 Å². The molecule has 19 heavy (non-hydrogen) atoms. The summed E-state index contributed by atoms with van der Waals surface area (Å²) < 4.78 is 27.7. The summed E-state index contributed by atoms with van der Waals surface area (Å²) in [6, 6.07) is 9.43. The molecule has 1 atom stereocenters. The van der Waals surface area contributed by atoms with Gasteiger partial charge in [-0.25, -0.2) is 8.78 Å². The summed E-state index contributed by atoms with van der Waals surface area (Å²) in [5.41, 5.74) is 1.88. The second kappa shape index (κ2) is 6.28. The first kappa shape index (κ1) is 14.9. The van der Waals surface area contributed by atoms with Gasteiger partial charge >= 0.3 is 0 Å². The fourth-order valence-corrected chi connectivity index (χ4v) is 3.11. The molecular weight excluding hydrogens is 427 g/mol. The molecule has 5 heteroatoms. The predicted octanol–water partition coefficient (Wildman–Crippen LogP) is 4.64. The molecule has 0 heterocycles. The van der Waals surface area contributed by atoms with Crippen LogP contribution in [0.25, 0.3) is 0 Å². The highest BCUT2D eigenvalue weighted by Crippen LogP contribution is 2.29. The van der Waals surface area contributed by atoms with Crippen molar-refractivity contribution in [3.05, 3.63) is 67.2 Å². The zero-order valence-electron chi connectivity index (χ0n) is 10.1. The molecule has 2 aromatic carbocycles. The highest BCUT2D eigenvalue weighted by molar-refractivity contribution is 14.1. The van der Waals surface area contributed by atoms with E-state index in [1.165, 1.54) is 18.2 Å². The third-order valence-electron chi connectivity index (χ3n) is 2.84. The largest absolute Gasteiger partial charge is 0.309 e. The lowest BCUT2D eigenvalue weighted by Gasteiger charge is -2.19. The summed E-state index contributed by atoms with van der Waals surface area (Å²) in [5, 5.41) is 3.17. The Morgan fingerprint density at radius 1 is 1.16 bits per heavy atom. The van der Waals surface area contributed by atoms with E-state index in [0.717, 1.165) is 14.7 Å². The van der Waals surface area contributed by atoms with E-state index < -0.39 is 0 Å². The summed E-state index contributed by atoms with van der Waals surface area (Å²) in [5.74, 6) is -0.560. The zero-order valence-corrected chi connectivity index (χ0v) is 13.8. The Hall–Kier alpha value is -0.530. The Morgan fingerprint density at radius 3 is 2.47 bits per heavy atom. The maximum Gasteiger partial charge on any atom is 0.137 e. The standard InChI is InChI=1S/C14H11BrF2IN/c1-19-14(8-2-5-12(17)11(15)6-8)10-4-3-9(16)7-13(10)18/h2-7,14,19H,1H3. The lowest BCUT2D eigenvalue weighted by Crippen LogP contribution is -2.19. The summed E-state index contributed by atoms with van der Waals surface area (Å²) >= 11 is 5.28. The van der Waals surface area contributed by atoms with Gasteiger partial charge in [0.05, 0.1) is 10.5 Å². The van der Waals surface area contributed by atoms with Crippen LogP contribution >= 0.6 is 38.5 Å². The minimum absolute atomic E-state index is 0.107. The zero-order chi connectivity index (χ0) is 14.0. The second-order valence-corrected chi connectivity index (χ2v) is 6.08. The molecule has 0 aromatic heterocycles. The van der Waals surface area contributed by atoms with Crippen molar-refractivity contribution >= 4 is 38.5 Å². The minimum atomic E-state index is -0.299. The van der Waals surface area contributed by atoms with E-state index in [0.29, 0.717) is 4.47 Å². The fourth-order valence-electron chi connectivity index (χ4n) is 1.93. The van der Waals surface area contributed by atoms with Crippen LogP contribution in [0.1, 0.15) is 17.2 Å². The predicted molar refractivity (Wildman–Crippen MR) is 84.1 cm³/mol. The molecule has 1 N–H and O–H groups in total. The lowest BCUT2D eigenvalue weighted by atomic mass is 9.99. The van der Waals surface area contributed by atoms with Gasteiger partial charge in [0, 0.05) is 3.57 Å². The number of halogens is 4. The molecule has 0 aliphatic rings. The maximum absolute atomic E-state index is 13.3. The van der Waals surface area contributed by atoms with E-state index in [1.807, 2.05) is 7.05 Å². The minimum Gasteiger partial charge on any atom is -0.309 e. The topological polar surface area (TPSA) is 12.0 Å². The van der Waals surface area contributed by atoms with Gasteiger partial charge in [-0.2, -0.15) is 0 Å². The normalized spacial score (nSPS) is 12.5. The van der Waals surface area contributed by atoms with Crippen molar-refractivity contribution in [3.8, 4) is 0 Å². The number of hydrogen-bond acceptors (Lipinski definition) is 1.